The molecule has 0 spiro atoms. The molecule has 1 aromatic rings. The number of anilines is 1. The van der Waals surface area contributed by atoms with Gasteiger partial charge in [0.25, 0.3) is 0 Å². The van der Waals surface area contributed by atoms with E-state index >= 15 is 0 Å². The summed E-state index contributed by atoms with van der Waals surface area (Å²) < 4.78 is 0. The van der Waals surface area contributed by atoms with Gasteiger partial charge in [-0.2, -0.15) is 0 Å². The highest BCUT2D eigenvalue weighted by molar-refractivity contribution is 5.84. The Labute approximate surface area is 89.5 Å². The number of aliphatic hydroxyl groups excluding tert-OH is 1. The lowest BCUT2D eigenvalue weighted by atomic mass is 10.2. The minimum absolute atomic E-state index is 0.0209. The van der Waals surface area contributed by atoms with E-state index in [0.29, 0.717) is 12.1 Å². The quantitative estimate of drug-likeness (QED) is 0.722. The number of aliphatic imine (C=N–C) groups is 1. The van der Waals surface area contributed by atoms with E-state index in [-0.39, 0.29) is 12.4 Å². The maximum atomic E-state index is 9.66. The van der Waals surface area contributed by atoms with Crippen LogP contribution in [0, 0.1) is 0 Å². The van der Waals surface area contributed by atoms with Crippen molar-refractivity contribution in [3.05, 3.63) is 23.8 Å². The standard InChI is InChI=1S/C11H16N2O2/c1-13(2)10-4-3-9(11(15)7-10)8-12-5-6-14/h3-4,7-8,14-15H,5-6H2,1-2H3/b12-8+. The highest BCUT2D eigenvalue weighted by atomic mass is 16.3. The number of hydrogen-bond acceptors (Lipinski definition) is 4. The van der Waals surface area contributed by atoms with Crippen molar-refractivity contribution in [2.24, 2.45) is 4.99 Å². The van der Waals surface area contributed by atoms with Gasteiger partial charge in [-0.1, -0.05) is 0 Å². The smallest absolute Gasteiger partial charge is 0.126 e. The zero-order chi connectivity index (χ0) is 11.3. The van der Waals surface area contributed by atoms with E-state index in [9.17, 15) is 5.11 Å². The molecule has 1 aromatic carbocycles. The van der Waals surface area contributed by atoms with Gasteiger partial charge in [0.05, 0.1) is 13.2 Å². The van der Waals surface area contributed by atoms with Gasteiger partial charge in [-0.05, 0) is 12.1 Å². The number of phenolic OH excluding ortho intramolecular Hbond substituents is 1. The molecule has 2 N–H and O–H groups in total. The number of aromatic hydroxyl groups is 1. The molecule has 0 radical (unpaired) electrons. The zero-order valence-electron chi connectivity index (χ0n) is 9.01. The molecule has 0 aromatic heterocycles. The number of aliphatic hydroxyl groups is 1. The summed E-state index contributed by atoms with van der Waals surface area (Å²) in [5.41, 5.74) is 1.60. The van der Waals surface area contributed by atoms with Crippen molar-refractivity contribution in [2.45, 2.75) is 0 Å². The van der Waals surface area contributed by atoms with E-state index < -0.39 is 0 Å². The highest BCUT2D eigenvalue weighted by Gasteiger charge is 2.01. The number of phenols is 1. The predicted octanol–water partition coefficient (Wildman–Crippen LogP) is 0.869. The molecule has 0 fully saturated rings. The van der Waals surface area contributed by atoms with Crippen LogP contribution < -0.4 is 4.90 Å². The van der Waals surface area contributed by atoms with Crippen LogP contribution in [0.25, 0.3) is 0 Å². The third-order valence-electron chi connectivity index (χ3n) is 1.99. The van der Waals surface area contributed by atoms with E-state index in [1.807, 2.05) is 25.1 Å². The first kappa shape index (κ1) is 11.5. The van der Waals surface area contributed by atoms with Crippen LogP contribution in [0.3, 0.4) is 0 Å². The van der Waals surface area contributed by atoms with Crippen molar-refractivity contribution < 1.29 is 10.2 Å². The lowest BCUT2D eigenvalue weighted by Crippen LogP contribution is -2.08. The number of hydrogen-bond donors (Lipinski definition) is 2. The molecule has 0 saturated carbocycles. The normalized spacial score (nSPS) is 10.9. The predicted molar refractivity (Wildman–Crippen MR) is 62.0 cm³/mol. The van der Waals surface area contributed by atoms with Crippen LogP contribution in [0.1, 0.15) is 5.56 Å². The third-order valence-corrected chi connectivity index (χ3v) is 1.99. The van der Waals surface area contributed by atoms with Gasteiger partial charge in [0.15, 0.2) is 0 Å². The summed E-state index contributed by atoms with van der Waals surface area (Å²) in [6, 6.07) is 5.38. The summed E-state index contributed by atoms with van der Waals surface area (Å²) >= 11 is 0. The Morgan fingerprint density at radius 2 is 2.13 bits per heavy atom. The van der Waals surface area contributed by atoms with E-state index in [1.54, 1.807) is 18.3 Å². The average molecular weight is 208 g/mol. The highest BCUT2D eigenvalue weighted by Crippen LogP contribution is 2.21. The first-order valence-electron chi connectivity index (χ1n) is 4.76. The molecule has 1 rings (SSSR count). The van der Waals surface area contributed by atoms with E-state index in [2.05, 4.69) is 4.99 Å². The van der Waals surface area contributed by atoms with Crippen LogP contribution in [0.15, 0.2) is 23.2 Å². The zero-order valence-corrected chi connectivity index (χ0v) is 9.01. The van der Waals surface area contributed by atoms with Crippen molar-refractivity contribution in [1.29, 1.82) is 0 Å². The summed E-state index contributed by atoms with van der Waals surface area (Å²) in [6.45, 7) is 0.377. The summed E-state index contributed by atoms with van der Waals surface area (Å²) in [5, 5.41) is 18.2. The SMILES string of the molecule is CN(C)c1ccc(/C=N/CCO)c(O)c1. The molecule has 82 valence electrons. The topological polar surface area (TPSA) is 56.1 Å². The Kier molecular flexibility index (Phi) is 4.12. The molecule has 0 heterocycles. The molecule has 0 atom stereocenters. The van der Waals surface area contributed by atoms with Crippen molar-refractivity contribution in [3.8, 4) is 5.75 Å². The van der Waals surface area contributed by atoms with Crippen LogP contribution in [0.4, 0.5) is 5.69 Å². The molecule has 4 nitrogen and oxygen atoms in total. The van der Waals surface area contributed by atoms with Gasteiger partial charge in [0.1, 0.15) is 5.75 Å². The second-order valence-corrected chi connectivity index (χ2v) is 3.40. The van der Waals surface area contributed by atoms with E-state index in [0.717, 1.165) is 5.69 Å². The van der Waals surface area contributed by atoms with Crippen molar-refractivity contribution in [2.75, 3.05) is 32.1 Å². The van der Waals surface area contributed by atoms with Crippen molar-refractivity contribution >= 4 is 11.9 Å². The van der Waals surface area contributed by atoms with Gasteiger partial charge in [0.2, 0.25) is 0 Å². The molecule has 15 heavy (non-hydrogen) atoms. The fourth-order valence-electron chi connectivity index (χ4n) is 1.14. The maximum Gasteiger partial charge on any atom is 0.126 e. The van der Waals surface area contributed by atoms with Crippen molar-refractivity contribution in [1.82, 2.24) is 0 Å². The molecule has 0 saturated heterocycles. The van der Waals surface area contributed by atoms with Gasteiger partial charge in [0, 0.05) is 37.6 Å². The Balaban J connectivity index is 2.83. The van der Waals surface area contributed by atoms with Crippen LogP contribution in [-0.2, 0) is 0 Å². The molecular formula is C11H16N2O2. The van der Waals surface area contributed by atoms with Gasteiger partial charge in [-0.15, -0.1) is 0 Å². The molecular weight excluding hydrogens is 192 g/mol. The fourth-order valence-corrected chi connectivity index (χ4v) is 1.14. The summed E-state index contributed by atoms with van der Waals surface area (Å²) in [5.74, 6) is 0.197. The van der Waals surface area contributed by atoms with Crippen LogP contribution in [0.2, 0.25) is 0 Å². The third kappa shape index (κ3) is 3.25. The maximum absolute atomic E-state index is 9.66. The lowest BCUT2D eigenvalue weighted by molar-refractivity contribution is 0.307. The Morgan fingerprint density at radius 3 is 2.67 bits per heavy atom. The second-order valence-electron chi connectivity index (χ2n) is 3.40. The van der Waals surface area contributed by atoms with Gasteiger partial charge < -0.3 is 15.1 Å². The molecule has 0 bridgehead atoms. The van der Waals surface area contributed by atoms with Gasteiger partial charge >= 0.3 is 0 Å². The minimum atomic E-state index is 0.0209. The lowest BCUT2D eigenvalue weighted by Gasteiger charge is -2.12. The second kappa shape index (κ2) is 5.36. The minimum Gasteiger partial charge on any atom is -0.507 e. The summed E-state index contributed by atoms with van der Waals surface area (Å²) in [7, 11) is 3.82. The van der Waals surface area contributed by atoms with Crippen molar-refractivity contribution in [3.63, 3.8) is 0 Å². The summed E-state index contributed by atoms with van der Waals surface area (Å²) in [6.07, 6.45) is 1.56. The molecule has 0 unspecified atom stereocenters. The number of benzene rings is 1. The molecule has 0 aliphatic rings. The van der Waals surface area contributed by atoms with E-state index in [4.69, 9.17) is 5.11 Å². The first-order valence-corrected chi connectivity index (χ1v) is 4.76. The van der Waals surface area contributed by atoms with Crippen LogP contribution >= 0.6 is 0 Å². The molecule has 0 amide bonds. The molecule has 0 aliphatic heterocycles. The van der Waals surface area contributed by atoms with Gasteiger partial charge in [-0.25, -0.2) is 0 Å². The Morgan fingerprint density at radius 1 is 1.40 bits per heavy atom. The fraction of sp³-hybridized carbons (Fsp3) is 0.364. The Hall–Kier alpha value is -1.55. The number of nitrogens with zero attached hydrogens (tertiary/aromatic N) is 2. The monoisotopic (exact) mass is 208 g/mol. The largest absolute Gasteiger partial charge is 0.507 e. The van der Waals surface area contributed by atoms with Gasteiger partial charge in [-0.3, -0.25) is 4.99 Å². The van der Waals surface area contributed by atoms with Crippen LogP contribution in [-0.4, -0.2) is 43.7 Å². The Bertz CT molecular complexity index is 348. The average Bonchev–Trinajstić information content (AvgIpc) is 2.20. The number of rotatable bonds is 4. The van der Waals surface area contributed by atoms with E-state index in [1.165, 1.54) is 0 Å². The van der Waals surface area contributed by atoms with Crippen LogP contribution in [0.5, 0.6) is 5.75 Å². The molecule has 0 aliphatic carbocycles. The first-order chi connectivity index (χ1) is 7.15. The molecule has 4 heteroatoms. The summed E-state index contributed by atoms with van der Waals surface area (Å²) in [4.78, 5) is 5.86.